The van der Waals surface area contributed by atoms with Crippen molar-refractivity contribution in [2.45, 2.75) is 27.2 Å². The van der Waals surface area contributed by atoms with Gasteiger partial charge in [-0.05, 0) is 31.5 Å². The average molecular weight is 272 g/mol. The average Bonchev–Trinajstić information content (AvgIpc) is 2.43. The van der Waals surface area contributed by atoms with Crippen molar-refractivity contribution in [1.29, 1.82) is 0 Å². The van der Waals surface area contributed by atoms with Crippen LogP contribution in [0.3, 0.4) is 0 Å². The molecule has 106 valence electrons. The van der Waals surface area contributed by atoms with Crippen molar-refractivity contribution in [3.05, 3.63) is 48.1 Å². The minimum Gasteiger partial charge on any atom is -0.326 e. The molecule has 0 saturated carbocycles. The third-order valence-electron chi connectivity index (χ3n) is 2.74. The number of hydrogen-bond acceptors (Lipinski definition) is 2. The van der Waals surface area contributed by atoms with Gasteiger partial charge in [-0.1, -0.05) is 31.2 Å². The maximum absolute atomic E-state index is 11.7. The number of rotatable bonds is 5. The van der Waals surface area contributed by atoms with E-state index in [0.717, 1.165) is 5.56 Å². The summed E-state index contributed by atoms with van der Waals surface area (Å²) in [6.45, 7) is 5.53. The Morgan fingerprint density at radius 1 is 1.15 bits per heavy atom. The molecule has 2 N–H and O–H groups in total. The Bertz CT molecular complexity index is 545. The first kappa shape index (κ1) is 15.7. The predicted molar refractivity (Wildman–Crippen MR) is 82.7 cm³/mol. The van der Waals surface area contributed by atoms with Crippen molar-refractivity contribution in [3.8, 4) is 0 Å². The third-order valence-corrected chi connectivity index (χ3v) is 2.74. The minimum absolute atomic E-state index is 0.0513. The molecule has 4 nitrogen and oxygen atoms in total. The van der Waals surface area contributed by atoms with Gasteiger partial charge in [-0.25, -0.2) is 0 Å². The van der Waals surface area contributed by atoms with Crippen LogP contribution in [-0.4, -0.2) is 11.8 Å². The highest BCUT2D eigenvalue weighted by molar-refractivity contribution is 6.01. The van der Waals surface area contributed by atoms with Gasteiger partial charge in [0.05, 0.1) is 0 Å². The van der Waals surface area contributed by atoms with Crippen molar-refractivity contribution in [2.24, 2.45) is 0 Å². The Morgan fingerprint density at radius 2 is 1.80 bits per heavy atom. The second-order valence-corrected chi connectivity index (χ2v) is 4.25. The van der Waals surface area contributed by atoms with Crippen LogP contribution in [0.4, 0.5) is 11.4 Å². The van der Waals surface area contributed by atoms with E-state index in [2.05, 4.69) is 10.6 Å². The lowest BCUT2D eigenvalue weighted by atomic mass is 10.1. The van der Waals surface area contributed by atoms with E-state index in [1.807, 2.05) is 26.0 Å². The van der Waals surface area contributed by atoms with Crippen LogP contribution < -0.4 is 10.6 Å². The summed E-state index contributed by atoms with van der Waals surface area (Å²) in [5.41, 5.74) is 2.24. The largest absolute Gasteiger partial charge is 0.326 e. The van der Waals surface area contributed by atoms with E-state index in [1.54, 1.807) is 31.2 Å². The zero-order valence-electron chi connectivity index (χ0n) is 12.1. The second-order valence-electron chi connectivity index (χ2n) is 4.25. The molecule has 0 aromatic heterocycles. The van der Waals surface area contributed by atoms with Crippen molar-refractivity contribution >= 4 is 23.2 Å². The van der Waals surface area contributed by atoms with Crippen LogP contribution in [0, 0.1) is 6.92 Å². The van der Waals surface area contributed by atoms with E-state index in [0.29, 0.717) is 17.8 Å². The number of nitrogens with one attached hydrogen (secondary N) is 2. The standard InChI is InChI=1S/C16H20N2O2/c1-4-6-7-11-16(20)18-14-10-8-9-13(12(14)3)17-15(19)5-2/h4,6-11H,5H2,1-3H3,(H,17,19)(H,18,20)/b6-4-,11-7-. The number of carbonyl (C=O) groups excluding carboxylic acids is 2. The first-order valence-electron chi connectivity index (χ1n) is 6.58. The second kappa shape index (κ2) is 7.94. The van der Waals surface area contributed by atoms with Crippen LogP contribution in [0.5, 0.6) is 0 Å². The summed E-state index contributed by atoms with van der Waals surface area (Å²) < 4.78 is 0. The Morgan fingerprint density at radius 3 is 2.40 bits per heavy atom. The summed E-state index contributed by atoms with van der Waals surface area (Å²) in [4.78, 5) is 23.1. The van der Waals surface area contributed by atoms with Gasteiger partial charge < -0.3 is 10.6 Å². The predicted octanol–water partition coefficient (Wildman–Crippen LogP) is 3.41. The van der Waals surface area contributed by atoms with Gasteiger partial charge in [0, 0.05) is 23.9 Å². The third kappa shape index (κ3) is 4.72. The van der Waals surface area contributed by atoms with E-state index in [4.69, 9.17) is 0 Å². The highest BCUT2D eigenvalue weighted by atomic mass is 16.2. The highest BCUT2D eigenvalue weighted by Gasteiger charge is 2.07. The summed E-state index contributed by atoms with van der Waals surface area (Å²) in [5, 5.41) is 5.60. The van der Waals surface area contributed by atoms with Gasteiger partial charge in [0.15, 0.2) is 0 Å². The molecule has 0 unspecified atom stereocenters. The molecule has 1 aromatic carbocycles. The Labute approximate surface area is 119 Å². The number of hydrogen-bond donors (Lipinski definition) is 2. The Hall–Kier alpha value is -2.36. The molecule has 20 heavy (non-hydrogen) atoms. The van der Waals surface area contributed by atoms with E-state index in [9.17, 15) is 9.59 Å². The molecule has 0 saturated heterocycles. The molecule has 0 fully saturated rings. The smallest absolute Gasteiger partial charge is 0.248 e. The van der Waals surface area contributed by atoms with Gasteiger partial charge in [-0.2, -0.15) is 0 Å². The molecule has 2 amide bonds. The fourth-order valence-electron chi connectivity index (χ4n) is 1.57. The maximum Gasteiger partial charge on any atom is 0.248 e. The van der Waals surface area contributed by atoms with Gasteiger partial charge in [0.2, 0.25) is 11.8 Å². The minimum atomic E-state index is -0.204. The summed E-state index contributed by atoms with van der Waals surface area (Å²) in [7, 11) is 0. The highest BCUT2D eigenvalue weighted by Crippen LogP contribution is 2.23. The van der Waals surface area contributed by atoms with E-state index in [-0.39, 0.29) is 11.8 Å². The van der Waals surface area contributed by atoms with Crippen LogP contribution in [-0.2, 0) is 9.59 Å². The quantitative estimate of drug-likeness (QED) is 0.637. The molecule has 0 spiro atoms. The maximum atomic E-state index is 11.7. The Balaban J connectivity index is 2.83. The number of amides is 2. The van der Waals surface area contributed by atoms with Crippen molar-refractivity contribution in [1.82, 2.24) is 0 Å². The van der Waals surface area contributed by atoms with Gasteiger partial charge in [-0.3, -0.25) is 9.59 Å². The SMILES string of the molecule is C/C=C\C=C/C(=O)Nc1cccc(NC(=O)CC)c1C. The zero-order chi connectivity index (χ0) is 15.0. The summed E-state index contributed by atoms with van der Waals surface area (Å²) in [6.07, 6.45) is 7.17. The lowest BCUT2D eigenvalue weighted by Crippen LogP contribution is -2.13. The van der Waals surface area contributed by atoms with Crippen LogP contribution in [0.1, 0.15) is 25.8 Å². The van der Waals surface area contributed by atoms with Crippen LogP contribution in [0.25, 0.3) is 0 Å². The Kier molecular flexibility index (Phi) is 6.23. The van der Waals surface area contributed by atoms with Crippen LogP contribution in [0.15, 0.2) is 42.5 Å². The van der Waals surface area contributed by atoms with E-state index >= 15 is 0 Å². The molecule has 0 heterocycles. The number of benzene rings is 1. The molecule has 0 aliphatic heterocycles. The molecule has 0 atom stereocenters. The zero-order valence-corrected chi connectivity index (χ0v) is 12.1. The molecule has 0 bridgehead atoms. The van der Waals surface area contributed by atoms with Gasteiger partial charge in [0.1, 0.15) is 0 Å². The van der Waals surface area contributed by atoms with E-state index in [1.165, 1.54) is 6.08 Å². The normalized spacial score (nSPS) is 10.9. The molecule has 0 aliphatic rings. The first-order valence-corrected chi connectivity index (χ1v) is 6.58. The number of anilines is 2. The van der Waals surface area contributed by atoms with Gasteiger partial charge in [-0.15, -0.1) is 0 Å². The van der Waals surface area contributed by atoms with Crippen molar-refractivity contribution in [3.63, 3.8) is 0 Å². The van der Waals surface area contributed by atoms with Crippen LogP contribution in [0.2, 0.25) is 0 Å². The van der Waals surface area contributed by atoms with Crippen molar-refractivity contribution in [2.75, 3.05) is 10.6 Å². The fourth-order valence-corrected chi connectivity index (χ4v) is 1.57. The molecular weight excluding hydrogens is 252 g/mol. The van der Waals surface area contributed by atoms with E-state index < -0.39 is 0 Å². The van der Waals surface area contributed by atoms with Crippen LogP contribution >= 0.6 is 0 Å². The monoisotopic (exact) mass is 272 g/mol. The number of allylic oxidation sites excluding steroid dienone is 3. The number of carbonyl (C=O) groups is 2. The molecule has 4 heteroatoms. The molecule has 0 aliphatic carbocycles. The van der Waals surface area contributed by atoms with Gasteiger partial charge in [0.25, 0.3) is 0 Å². The van der Waals surface area contributed by atoms with Gasteiger partial charge >= 0.3 is 0 Å². The summed E-state index contributed by atoms with van der Waals surface area (Å²) in [6, 6.07) is 5.41. The molecule has 1 rings (SSSR count). The first-order chi connectivity index (χ1) is 9.58. The fraction of sp³-hybridized carbons (Fsp3) is 0.250. The summed E-state index contributed by atoms with van der Waals surface area (Å²) in [5.74, 6) is -0.255. The lowest BCUT2D eigenvalue weighted by Gasteiger charge is -2.12. The molecule has 0 radical (unpaired) electrons. The van der Waals surface area contributed by atoms with Crippen molar-refractivity contribution < 1.29 is 9.59 Å². The molecule has 1 aromatic rings. The summed E-state index contributed by atoms with van der Waals surface area (Å²) >= 11 is 0. The molecular formula is C16H20N2O2. The lowest BCUT2D eigenvalue weighted by molar-refractivity contribution is -0.116. The topological polar surface area (TPSA) is 58.2 Å².